The minimum absolute atomic E-state index is 0.00166. The van der Waals surface area contributed by atoms with Crippen LogP contribution >= 0.6 is 22.9 Å². The smallest absolute Gasteiger partial charge is 0.265 e. The molecule has 5 heteroatoms. The predicted molar refractivity (Wildman–Crippen MR) is 106 cm³/mol. The Bertz CT molecular complexity index is 952. The summed E-state index contributed by atoms with van der Waals surface area (Å²) in [4.78, 5) is 15.6. The fourth-order valence-electron chi connectivity index (χ4n) is 3.63. The zero-order valence-corrected chi connectivity index (χ0v) is 15.6. The number of hydrogen-bond donors (Lipinski definition) is 1. The second kappa shape index (κ2) is 7.14. The summed E-state index contributed by atoms with van der Waals surface area (Å²) >= 11 is 7.57. The first-order chi connectivity index (χ1) is 12.6. The molecule has 0 aliphatic carbocycles. The highest BCUT2D eigenvalue weighted by Gasteiger charge is 2.33. The second-order valence-corrected chi connectivity index (χ2v) is 7.72. The molecule has 2 heterocycles. The van der Waals surface area contributed by atoms with Gasteiger partial charge in [-0.25, -0.2) is 0 Å². The number of phenols is 1. The normalized spacial score (nSPS) is 16.8. The zero-order chi connectivity index (χ0) is 18.1. The van der Waals surface area contributed by atoms with Crippen molar-refractivity contribution < 1.29 is 9.90 Å². The van der Waals surface area contributed by atoms with Crippen molar-refractivity contribution in [2.24, 2.45) is 0 Å². The summed E-state index contributed by atoms with van der Waals surface area (Å²) in [5.41, 5.74) is 3.11. The summed E-state index contributed by atoms with van der Waals surface area (Å²) < 4.78 is 0. The van der Waals surface area contributed by atoms with E-state index in [1.54, 1.807) is 18.2 Å². The van der Waals surface area contributed by atoms with Gasteiger partial charge in [0.2, 0.25) is 0 Å². The molecule has 4 rings (SSSR count). The molecule has 0 bridgehead atoms. The van der Waals surface area contributed by atoms with Crippen LogP contribution in [0, 0.1) is 0 Å². The Labute approximate surface area is 161 Å². The number of aromatic hydroxyl groups is 1. The standard InChI is InChI=1S/C21H18ClNO2S/c22-18-10-12-26-20(18)21(25)23-11-4-9-19(23)17-8-2-1-7-16(17)14-5-3-6-15(24)13-14/h1-3,5-8,10,12-13,19,24H,4,9,11H2. The molecule has 0 spiro atoms. The van der Waals surface area contributed by atoms with Crippen molar-refractivity contribution in [2.45, 2.75) is 18.9 Å². The molecule has 1 unspecified atom stereocenters. The molecule has 1 fully saturated rings. The lowest BCUT2D eigenvalue weighted by Crippen LogP contribution is -2.30. The van der Waals surface area contributed by atoms with Crippen LogP contribution in [-0.2, 0) is 0 Å². The van der Waals surface area contributed by atoms with E-state index in [1.807, 2.05) is 40.6 Å². The summed E-state index contributed by atoms with van der Waals surface area (Å²) in [6.45, 7) is 0.728. The van der Waals surface area contributed by atoms with Crippen molar-refractivity contribution >= 4 is 28.8 Å². The Hall–Kier alpha value is -2.30. The van der Waals surface area contributed by atoms with Crippen LogP contribution in [0.4, 0.5) is 0 Å². The number of thiophene rings is 1. The molecule has 26 heavy (non-hydrogen) atoms. The molecule has 1 aliphatic heterocycles. The van der Waals surface area contributed by atoms with Gasteiger partial charge >= 0.3 is 0 Å². The van der Waals surface area contributed by atoms with E-state index in [-0.39, 0.29) is 17.7 Å². The first-order valence-electron chi connectivity index (χ1n) is 8.57. The van der Waals surface area contributed by atoms with Crippen LogP contribution in [0.2, 0.25) is 5.02 Å². The van der Waals surface area contributed by atoms with Gasteiger partial charge < -0.3 is 10.0 Å². The topological polar surface area (TPSA) is 40.5 Å². The third-order valence-electron chi connectivity index (χ3n) is 4.80. The first kappa shape index (κ1) is 17.1. The first-order valence-corrected chi connectivity index (χ1v) is 9.83. The van der Waals surface area contributed by atoms with Crippen LogP contribution < -0.4 is 0 Å². The van der Waals surface area contributed by atoms with Crippen LogP contribution in [0.15, 0.2) is 60.0 Å². The summed E-state index contributed by atoms with van der Waals surface area (Å²) in [6.07, 6.45) is 1.89. The van der Waals surface area contributed by atoms with E-state index in [1.165, 1.54) is 11.3 Å². The highest BCUT2D eigenvalue weighted by molar-refractivity contribution is 7.12. The number of likely N-dealkylation sites (tertiary alicyclic amines) is 1. The van der Waals surface area contributed by atoms with Gasteiger partial charge in [-0.1, -0.05) is 48.0 Å². The van der Waals surface area contributed by atoms with Crippen molar-refractivity contribution in [2.75, 3.05) is 6.54 Å². The Balaban J connectivity index is 1.73. The molecule has 3 nitrogen and oxygen atoms in total. The van der Waals surface area contributed by atoms with Crippen LogP contribution in [0.5, 0.6) is 5.75 Å². The maximum Gasteiger partial charge on any atom is 0.265 e. The van der Waals surface area contributed by atoms with Crippen molar-refractivity contribution in [3.05, 3.63) is 75.4 Å². The largest absolute Gasteiger partial charge is 0.508 e. The van der Waals surface area contributed by atoms with E-state index >= 15 is 0 Å². The van der Waals surface area contributed by atoms with Gasteiger partial charge in [-0.3, -0.25) is 4.79 Å². The SMILES string of the molecule is O=C(c1sccc1Cl)N1CCCC1c1ccccc1-c1cccc(O)c1. The Morgan fingerprint density at radius 3 is 2.77 bits per heavy atom. The molecule has 1 atom stereocenters. The molecule has 1 N–H and O–H groups in total. The maximum absolute atomic E-state index is 13.0. The van der Waals surface area contributed by atoms with Gasteiger partial charge in [0.25, 0.3) is 5.91 Å². The molecule has 0 radical (unpaired) electrons. The fourth-order valence-corrected chi connectivity index (χ4v) is 4.72. The third kappa shape index (κ3) is 3.11. The number of nitrogens with zero attached hydrogens (tertiary/aromatic N) is 1. The number of benzene rings is 2. The van der Waals surface area contributed by atoms with Gasteiger partial charge in [0.15, 0.2) is 0 Å². The lowest BCUT2D eigenvalue weighted by Gasteiger charge is -2.27. The lowest BCUT2D eigenvalue weighted by atomic mass is 9.93. The Kier molecular flexibility index (Phi) is 4.70. The molecule has 1 aliphatic rings. The second-order valence-electron chi connectivity index (χ2n) is 6.39. The number of carbonyl (C=O) groups is 1. The molecule has 132 valence electrons. The summed E-state index contributed by atoms with van der Waals surface area (Å²) in [5.74, 6) is 0.236. The number of carbonyl (C=O) groups excluding carboxylic acids is 1. The van der Waals surface area contributed by atoms with Crippen LogP contribution in [0.25, 0.3) is 11.1 Å². The average Bonchev–Trinajstić information content (AvgIpc) is 3.30. The number of amides is 1. The summed E-state index contributed by atoms with van der Waals surface area (Å²) in [5, 5.41) is 12.2. The Morgan fingerprint density at radius 1 is 1.15 bits per heavy atom. The van der Waals surface area contributed by atoms with Crippen molar-refractivity contribution in [1.82, 2.24) is 4.90 Å². The van der Waals surface area contributed by atoms with E-state index < -0.39 is 0 Å². The van der Waals surface area contributed by atoms with Gasteiger partial charge in [-0.2, -0.15) is 0 Å². The fraction of sp³-hybridized carbons (Fsp3) is 0.190. The van der Waals surface area contributed by atoms with Gasteiger partial charge in [-0.15, -0.1) is 11.3 Å². The van der Waals surface area contributed by atoms with E-state index in [2.05, 4.69) is 6.07 Å². The van der Waals surface area contributed by atoms with Crippen molar-refractivity contribution in [3.8, 4) is 16.9 Å². The number of hydrogen-bond acceptors (Lipinski definition) is 3. The van der Waals surface area contributed by atoms with Crippen LogP contribution in [-0.4, -0.2) is 22.5 Å². The summed E-state index contributed by atoms with van der Waals surface area (Å²) in [6, 6.07) is 17.1. The monoisotopic (exact) mass is 383 g/mol. The lowest BCUT2D eigenvalue weighted by molar-refractivity contribution is 0.0741. The van der Waals surface area contributed by atoms with Crippen molar-refractivity contribution in [3.63, 3.8) is 0 Å². The van der Waals surface area contributed by atoms with Gasteiger partial charge in [-0.05, 0) is 53.1 Å². The van der Waals surface area contributed by atoms with E-state index in [9.17, 15) is 9.90 Å². The van der Waals surface area contributed by atoms with E-state index in [4.69, 9.17) is 11.6 Å². The van der Waals surface area contributed by atoms with Gasteiger partial charge in [0.1, 0.15) is 10.6 Å². The minimum atomic E-state index is -0.00166. The molecular weight excluding hydrogens is 366 g/mol. The molecule has 1 aromatic heterocycles. The number of rotatable bonds is 3. The number of halogens is 1. The molecule has 1 amide bonds. The highest BCUT2D eigenvalue weighted by atomic mass is 35.5. The van der Waals surface area contributed by atoms with Gasteiger partial charge in [0, 0.05) is 6.54 Å². The molecular formula is C21H18ClNO2S. The molecule has 1 saturated heterocycles. The van der Waals surface area contributed by atoms with E-state index in [0.717, 1.165) is 36.1 Å². The minimum Gasteiger partial charge on any atom is -0.508 e. The molecule has 0 saturated carbocycles. The van der Waals surface area contributed by atoms with Gasteiger partial charge in [0.05, 0.1) is 11.1 Å². The van der Waals surface area contributed by atoms with E-state index in [0.29, 0.717) is 9.90 Å². The predicted octanol–water partition coefficient (Wildman–Crippen LogP) is 5.75. The Morgan fingerprint density at radius 2 is 2.00 bits per heavy atom. The van der Waals surface area contributed by atoms with Crippen molar-refractivity contribution in [1.29, 1.82) is 0 Å². The maximum atomic E-state index is 13.0. The van der Waals surface area contributed by atoms with Crippen LogP contribution in [0.1, 0.15) is 34.1 Å². The third-order valence-corrected chi connectivity index (χ3v) is 6.13. The summed E-state index contributed by atoms with van der Waals surface area (Å²) in [7, 11) is 0. The average molecular weight is 384 g/mol. The molecule has 3 aromatic rings. The highest BCUT2D eigenvalue weighted by Crippen LogP contribution is 2.40. The van der Waals surface area contributed by atoms with Crippen LogP contribution in [0.3, 0.4) is 0 Å². The number of phenolic OH excluding ortho intramolecular Hbond substituents is 1. The zero-order valence-electron chi connectivity index (χ0n) is 14.1. The quantitative estimate of drug-likeness (QED) is 0.625. The molecule has 2 aromatic carbocycles.